The number of benzene rings is 3. The zero-order valence-corrected chi connectivity index (χ0v) is 21.7. The van der Waals surface area contributed by atoms with Gasteiger partial charge >= 0.3 is 5.97 Å². The van der Waals surface area contributed by atoms with Crippen LogP contribution in [-0.4, -0.2) is 38.6 Å². The zero-order chi connectivity index (χ0) is 27.2. The maximum absolute atomic E-state index is 13.4. The van der Waals surface area contributed by atoms with Crippen molar-refractivity contribution in [3.05, 3.63) is 100 Å². The fourth-order valence-corrected chi connectivity index (χ4v) is 4.13. The number of anilines is 2. The molecule has 0 saturated carbocycles. The summed E-state index contributed by atoms with van der Waals surface area (Å²) < 4.78 is 15.7. The number of ether oxygens (including phenoxy) is 3. The van der Waals surface area contributed by atoms with E-state index in [9.17, 15) is 14.4 Å². The fourth-order valence-electron chi connectivity index (χ4n) is 3.95. The molecule has 0 radical (unpaired) electrons. The monoisotopic (exact) mass is 532 g/mol. The van der Waals surface area contributed by atoms with Gasteiger partial charge in [0.25, 0.3) is 11.8 Å². The van der Waals surface area contributed by atoms with E-state index in [0.717, 1.165) is 0 Å². The van der Waals surface area contributed by atoms with Crippen molar-refractivity contribution in [1.82, 2.24) is 0 Å². The van der Waals surface area contributed by atoms with E-state index in [1.165, 1.54) is 12.0 Å². The molecule has 0 aliphatic carbocycles. The van der Waals surface area contributed by atoms with Gasteiger partial charge in [-0.3, -0.25) is 14.5 Å². The van der Waals surface area contributed by atoms with Gasteiger partial charge in [-0.25, -0.2) is 4.79 Å². The van der Waals surface area contributed by atoms with Crippen LogP contribution < -0.4 is 19.7 Å². The first-order chi connectivity index (χ1) is 18.3. The van der Waals surface area contributed by atoms with Crippen LogP contribution in [0.3, 0.4) is 0 Å². The van der Waals surface area contributed by atoms with E-state index in [0.29, 0.717) is 39.2 Å². The maximum atomic E-state index is 13.4. The first-order valence-corrected chi connectivity index (χ1v) is 12.0. The molecule has 4 rings (SSSR count). The Morgan fingerprint density at radius 3 is 2.24 bits per heavy atom. The van der Waals surface area contributed by atoms with Crippen molar-refractivity contribution in [2.45, 2.75) is 6.92 Å². The molecule has 0 spiro atoms. The fraction of sp³-hybridized carbons (Fsp3) is 0.138. The van der Waals surface area contributed by atoms with Crippen LogP contribution in [-0.2, 0) is 19.1 Å². The third-order valence-corrected chi connectivity index (χ3v) is 6.16. The Balaban J connectivity index is 1.51. The Bertz CT molecular complexity index is 1430. The Morgan fingerprint density at radius 1 is 0.947 bits per heavy atom. The molecule has 3 aromatic rings. The Morgan fingerprint density at radius 2 is 1.61 bits per heavy atom. The third kappa shape index (κ3) is 5.71. The summed E-state index contributed by atoms with van der Waals surface area (Å²) in [5.41, 5.74) is 2.61. The number of allylic oxidation sites excluding steroid dienone is 1. The van der Waals surface area contributed by atoms with E-state index in [1.54, 1.807) is 92.9 Å². The average Bonchev–Trinajstić information content (AvgIpc) is 3.17. The normalized spacial score (nSPS) is 14.1. The Hall–Kier alpha value is -4.56. The number of nitrogens with zero attached hydrogens (tertiary/aromatic N) is 1. The number of methoxy groups -OCH3 is 2. The van der Waals surface area contributed by atoms with Crippen LogP contribution >= 0.6 is 11.6 Å². The third-order valence-electron chi connectivity index (χ3n) is 5.83. The number of carbonyl (C=O) groups is 3. The minimum atomic E-state index is -0.609. The van der Waals surface area contributed by atoms with Gasteiger partial charge in [0.15, 0.2) is 6.61 Å². The quantitative estimate of drug-likeness (QED) is 0.315. The summed E-state index contributed by atoms with van der Waals surface area (Å²) in [5, 5.41) is 3.12. The number of halogens is 1. The van der Waals surface area contributed by atoms with Crippen molar-refractivity contribution in [1.29, 1.82) is 0 Å². The first kappa shape index (κ1) is 26.5. The SMILES string of the molecule is COC(=O)C1=C(C)N(c2ccc(OC)cc2)C(=O)/C1=C\c1ccc(OCC(=O)Nc2ccccc2Cl)cc1. The van der Waals surface area contributed by atoms with Gasteiger partial charge in [0.1, 0.15) is 11.5 Å². The van der Waals surface area contributed by atoms with E-state index in [4.69, 9.17) is 25.8 Å². The highest BCUT2D eigenvalue weighted by atomic mass is 35.5. The van der Waals surface area contributed by atoms with Gasteiger partial charge in [-0.15, -0.1) is 0 Å². The van der Waals surface area contributed by atoms with Crippen LogP contribution in [0.2, 0.25) is 5.02 Å². The van der Waals surface area contributed by atoms with E-state index in [1.807, 2.05) is 0 Å². The van der Waals surface area contributed by atoms with E-state index >= 15 is 0 Å². The Labute approximate surface area is 225 Å². The highest BCUT2D eigenvalue weighted by Gasteiger charge is 2.37. The minimum absolute atomic E-state index is 0.185. The van der Waals surface area contributed by atoms with E-state index in [2.05, 4.69) is 5.32 Å². The molecule has 0 atom stereocenters. The van der Waals surface area contributed by atoms with Crippen LogP contribution in [0, 0.1) is 0 Å². The van der Waals surface area contributed by atoms with Crippen molar-refractivity contribution in [2.24, 2.45) is 0 Å². The lowest BCUT2D eigenvalue weighted by Gasteiger charge is -2.18. The lowest BCUT2D eigenvalue weighted by molar-refractivity contribution is -0.136. The van der Waals surface area contributed by atoms with E-state index in [-0.39, 0.29) is 29.6 Å². The van der Waals surface area contributed by atoms with Gasteiger partial charge in [0.2, 0.25) is 0 Å². The second-order valence-corrected chi connectivity index (χ2v) is 8.64. The van der Waals surface area contributed by atoms with Crippen molar-refractivity contribution in [3.63, 3.8) is 0 Å². The second kappa shape index (κ2) is 11.7. The average molecular weight is 533 g/mol. The van der Waals surface area contributed by atoms with Crippen LogP contribution in [0.4, 0.5) is 11.4 Å². The second-order valence-electron chi connectivity index (χ2n) is 8.23. The highest BCUT2D eigenvalue weighted by Crippen LogP contribution is 2.36. The first-order valence-electron chi connectivity index (χ1n) is 11.6. The van der Waals surface area contributed by atoms with Gasteiger partial charge < -0.3 is 19.5 Å². The number of hydrogen-bond acceptors (Lipinski definition) is 6. The van der Waals surface area contributed by atoms with Crippen LogP contribution in [0.1, 0.15) is 12.5 Å². The summed E-state index contributed by atoms with van der Waals surface area (Å²) in [6.45, 7) is 1.48. The van der Waals surface area contributed by atoms with Crippen LogP contribution in [0.5, 0.6) is 11.5 Å². The number of esters is 1. The van der Waals surface area contributed by atoms with Crippen molar-refractivity contribution in [3.8, 4) is 11.5 Å². The van der Waals surface area contributed by atoms with Crippen molar-refractivity contribution >= 4 is 46.8 Å². The molecule has 0 saturated heterocycles. The molecule has 9 heteroatoms. The molecule has 0 fully saturated rings. The molecule has 0 aromatic heterocycles. The number of nitrogens with one attached hydrogen (secondary N) is 1. The smallest absolute Gasteiger partial charge is 0.340 e. The maximum Gasteiger partial charge on any atom is 0.340 e. The van der Waals surface area contributed by atoms with Gasteiger partial charge in [0.05, 0.1) is 36.1 Å². The van der Waals surface area contributed by atoms with Gasteiger partial charge in [-0.05, 0) is 67.1 Å². The standard InChI is InChI=1S/C29H25ClN2O6/c1-18-27(29(35)37-3)23(28(34)32(18)20-10-14-21(36-2)15-11-20)16-19-8-12-22(13-9-19)38-17-26(33)31-25-7-5-4-6-24(25)30/h4-16H,17H2,1-3H3,(H,31,33)/b23-16-. The molecule has 3 aromatic carbocycles. The zero-order valence-electron chi connectivity index (χ0n) is 21.0. The molecule has 194 valence electrons. The predicted molar refractivity (Wildman–Crippen MR) is 145 cm³/mol. The van der Waals surface area contributed by atoms with Crippen LogP contribution in [0.25, 0.3) is 6.08 Å². The Kier molecular flexibility index (Phi) is 8.13. The lowest BCUT2D eigenvalue weighted by atomic mass is 10.0. The molecule has 1 N–H and O–H groups in total. The summed E-state index contributed by atoms with van der Waals surface area (Å²) in [7, 11) is 2.83. The van der Waals surface area contributed by atoms with Crippen LogP contribution in [0.15, 0.2) is 89.6 Å². The molecular weight excluding hydrogens is 508 g/mol. The van der Waals surface area contributed by atoms with Gasteiger partial charge in [-0.2, -0.15) is 0 Å². The number of hydrogen-bond donors (Lipinski definition) is 1. The largest absolute Gasteiger partial charge is 0.497 e. The van der Waals surface area contributed by atoms with Gasteiger partial charge in [-0.1, -0.05) is 35.9 Å². The van der Waals surface area contributed by atoms with Crippen molar-refractivity contribution in [2.75, 3.05) is 31.0 Å². The minimum Gasteiger partial charge on any atom is -0.497 e. The summed E-state index contributed by atoms with van der Waals surface area (Å²) in [5.74, 6) is -0.219. The van der Waals surface area contributed by atoms with Crippen molar-refractivity contribution < 1.29 is 28.6 Å². The van der Waals surface area contributed by atoms with E-state index < -0.39 is 5.97 Å². The van der Waals surface area contributed by atoms with Gasteiger partial charge in [0, 0.05) is 11.4 Å². The summed E-state index contributed by atoms with van der Waals surface area (Å²) in [4.78, 5) is 39.7. The molecular formula is C29H25ClN2O6. The molecule has 2 amide bonds. The number of carbonyl (C=O) groups excluding carboxylic acids is 3. The lowest BCUT2D eigenvalue weighted by Crippen LogP contribution is -2.24. The number of para-hydroxylation sites is 1. The summed E-state index contributed by atoms with van der Waals surface area (Å²) >= 11 is 6.06. The number of amides is 2. The topological polar surface area (TPSA) is 94.2 Å². The number of rotatable bonds is 8. The molecule has 1 aliphatic heterocycles. The summed E-state index contributed by atoms with van der Waals surface area (Å²) in [6.07, 6.45) is 1.62. The molecule has 0 unspecified atom stereocenters. The molecule has 1 aliphatic rings. The highest BCUT2D eigenvalue weighted by molar-refractivity contribution is 6.33. The predicted octanol–water partition coefficient (Wildman–Crippen LogP) is 5.24. The molecule has 8 nitrogen and oxygen atoms in total. The summed E-state index contributed by atoms with van der Waals surface area (Å²) in [6, 6.07) is 20.7. The molecule has 38 heavy (non-hydrogen) atoms. The molecule has 1 heterocycles. The molecule has 0 bridgehead atoms.